The third kappa shape index (κ3) is 3.10. The Morgan fingerprint density at radius 3 is 2.33 bits per heavy atom. The van der Waals surface area contributed by atoms with Gasteiger partial charge in [-0.25, -0.2) is 22.7 Å². The molecule has 2 heterocycles. The third-order valence-corrected chi connectivity index (χ3v) is 5.04. The Labute approximate surface area is 166 Å². The summed E-state index contributed by atoms with van der Waals surface area (Å²) in [6.07, 6.45) is 0. The number of benzene rings is 2. The fourth-order valence-electron chi connectivity index (χ4n) is 3.32. The van der Waals surface area contributed by atoms with Crippen molar-refractivity contribution < 1.29 is 22.4 Å². The summed E-state index contributed by atoms with van der Waals surface area (Å²) in [4.78, 5) is 28.7. The van der Waals surface area contributed by atoms with Crippen LogP contribution in [0, 0.1) is 23.3 Å². The average molecular weight is 418 g/mol. The van der Waals surface area contributed by atoms with Crippen molar-refractivity contribution in [1.82, 2.24) is 20.1 Å². The van der Waals surface area contributed by atoms with Gasteiger partial charge in [0, 0.05) is 23.9 Å². The third-order valence-electron chi connectivity index (χ3n) is 5.04. The Bertz CT molecular complexity index is 1380. The van der Waals surface area contributed by atoms with Crippen LogP contribution in [0.2, 0.25) is 0 Å². The van der Waals surface area contributed by atoms with E-state index in [0.717, 1.165) is 18.2 Å². The maximum absolute atomic E-state index is 13.9. The lowest BCUT2D eigenvalue weighted by Gasteiger charge is -2.24. The number of H-pyrrole nitrogens is 2. The van der Waals surface area contributed by atoms with Crippen LogP contribution in [-0.2, 0) is 0 Å². The molecule has 0 bridgehead atoms. The smallest absolute Gasteiger partial charge is 0.272 e. The number of aromatic nitrogens is 3. The topological polar surface area (TPSA) is 81.8 Å². The van der Waals surface area contributed by atoms with Gasteiger partial charge in [0.1, 0.15) is 17.3 Å². The minimum absolute atomic E-state index is 0.00481. The second-order valence-corrected chi connectivity index (χ2v) is 6.87. The van der Waals surface area contributed by atoms with E-state index in [1.165, 1.54) is 18.0 Å². The Hall–Kier alpha value is -3.69. The van der Waals surface area contributed by atoms with E-state index in [1.807, 2.05) is 0 Å². The molecule has 0 aliphatic carbocycles. The predicted molar refractivity (Wildman–Crippen MR) is 101 cm³/mol. The molecule has 0 unspecified atom stereocenters. The molecule has 6 nitrogen and oxygen atoms in total. The van der Waals surface area contributed by atoms with Crippen LogP contribution in [0.15, 0.2) is 35.1 Å². The van der Waals surface area contributed by atoms with Crippen LogP contribution >= 0.6 is 0 Å². The van der Waals surface area contributed by atoms with E-state index < -0.39 is 40.8 Å². The molecule has 0 saturated carbocycles. The molecule has 0 fully saturated rings. The number of hydrogen-bond acceptors (Lipinski definition) is 3. The van der Waals surface area contributed by atoms with E-state index in [-0.39, 0.29) is 33.1 Å². The molecule has 2 aromatic heterocycles. The highest BCUT2D eigenvalue weighted by Crippen LogP contribution is 2.27. The number of aromatic amines is 2. The monoisotopic (exact) mass is 418 g/mol. The Kier molecular flexibility index (Phi) is 4.56. The normalized spacial score (nSPS) is 12.5. The minimum atomic E-state index is -1.19. The zero-order chi connectivity index (χ0) is 21.7. The van der Waals surface area contributed by atoms with E-state index in [0.29, 0.717) is 6.07 Å². The molecule has 1 atom stereocenters. The van der Waals surface area contributed by atoms with Gasteiger partial charge in [-0.3, -0.25) is 9.59 Å². The summed E-state index contributed by atoms with van der Waals surface area (Å²) in [5.74, 6) is -4.54. The summed E-state index contributed by atoms with van der Waals surface area (Å²) >= 11 is 0. The molecule has 4 aromatic rings. The SMILES string of the molecule is C[C@H](c1n[nH]c(=O)c2cc(F)c(F)cc12)N(C)C(=O)c1cc2c(F)cc(F)cc2[nH]1. The van der Waals surface area contributed by atoms with Crippen molar-refractivity contribution in [1.29, 1.82) is 0 Å². The van der Waals surface area contributed by atoms with Crippen molar-refractivity contribution in [2.45, 2.75) is 13.0 Å². The van der Waals surface area contributed by atoms with Crippen LogP contribution in [-0.4, -0.2) is 33.0 Å². The highest BCUT2D eigenvalue weighted by Gasteiger charge is 2.25. The van der Waals surface area contributed by atoms with E-state index in [4.69, 9.17) is 0 Å². The zero-order valence-electron chi connectivity index (χ0n) is 15.7. The van der Waals surface area contributed by atoms with Crippen molar-refractivity contribution >= 4 is 27.6 Å². The predicted octanol–water partition coefficient (Wildman–Crippen LogP) is 3.79. The summed E-state index contributed by atoms with van der Waals surface area (Å²) in [5, 5.41) is 6.09. The lowest BCUT2D eigenvalue weighted by Crippen LogP contribution is -2.31. The largest absolute Gasteiger partial charge is 0.350 e. The average Bonchev–Trinajstić information content (AvgIpc) is 3.12. The van der Waals surface area contributed by atoms with Gasteiger partial charge in [-0.1, -0.05) is 0 Å². The first-order valence-corrected chi connectivity index (χ1v) is 8.79. The molecule has 10 heteroatoms. The Balaban J connectivity index is 1.75. The van der Waals surface area contributed by atoms with E-state index in [2.05, 4.69) is 15.2 Å². The fourth-order valence-corrected chi connectivity index (χ4v) is 3.32. The van der Waals surface area contributed by atoms with Gasteiger partial charge in [0.25, 0.3) is 11.5 Å². The number of carbonyl (C=O) groups is 1. The Morgan fingerprint density at radius 2 is 1.63 bits per heavy atom. The first-order valence-electron chi connectivity index (χ1n) is 8.79. The van der Waals surface area contributed by atoms with Crippen LogP contribution in [0.25, 0.3) is 21.7 Å². The fraction of sp³-hybridized carbons (Fsp3) is 0.150. The summed E-state index contributed by atoms with van der Waals surface area (Å²) in [5.41, 5.74) is -0.466. The molecule has 0 aliphatic heterocycles. The summed E-state index contributed by atoms with van der Waals surface area (Å²) in [6, 6.07) is 3.85. The van der Waals surface area contributed by atoms with Crippen LogP contribution in [0.4, 0.5) is 17.6 Å². The first-order chi connectivity index (χ1) is 14.2. The van der Waals surface area contributed by atoms with Crippen LogP contribution in [0.3, 0.4) is 0 Å². The molecule has 1 amide bonds. The molecular formula is C20H14F4N4O2. The second kappa shape index (κ2) is 6.97. The number of nitrogens with zero attached hydrogens (tertiary/aromatic N) is 2. The summed E-state index contributed by atoms with van der Waals surface area (Å²) in [6.45, 7) is 1.57. The second-order valence-electron chi connectivity index (χ2n) is 6.87. The quantitative estimate of drug-likeness (QED) is 0.497. The standard InChI is InChI=1S/C20H14F4N4O2/c1-8(18-10-5-14(23)15(24)6-11(10)19(29)27-26-18)28(2)20(30)17-7-12-13(22)3-9(21)4-16(12)25-17/h3-8,25H,1-2H3,(H,27,29)/t8-/m1/s1. The van der Waals surface area contributed by atoms with Crippen molar-refractivity contribution in [3.8, 4) is 0 Å². The molecule has 0 saturated heterocycles. The lowest BCUT2D eigenvalue weighted by atomic mass is 10.1. The molecule has 2 aromatic carbocycles. The summed E-state index contributed by atoms with van der Waals surface area (Å²) < 4.78 is 54.7. The van der Waals surface area contributed by atoms with Gasteiger partial charge in [-0.2, -0.15) is 5.10 Å². The van der Waals surface area contributed by atoms with Crippen molar-refractivity contribution in [3.05, 3.63) is 75.3 Å². The van der Waals surface area contributed by atoms with Gasteiger partial charge in [0.2, 0.25) is 0 Å². The molecule has 0 radical (unpaired) electrons. The molecule has 154 valence electrons. The Morgan fingerprint density at radius 1 is 0.967 bits per heavy atom. The molecule has 4 rings (SSSR count). The van der Waals surface area contributed by atoms with Crippen LogP contribution in [0.5, 0.6) is 0 Å². The molecule has 2 N–H and O–H groups in total. The van der Waals surface area contributed by atoms with Gasteiger partial charge in [0.05, 0.1) is 22.6 Å². The van der Waals surface area contributed by atoms with E-state index in [1.54, 1.807) is 6.92 Å². The highest BCUT2D eigenvalue weighted by molar-refractivity contribution is 5.98. The molecular weight excluding hydrogens is 404 g/mol. The number of amides is 1. The van der Waals surface area contributed by atoms with Crippen molar-refractivity contribution in [2.75, 3.05) is 7.05 Å². The number of halogens is 4. The number of nitrogens with one attached hydrogen (secondary N) is 2. The number of rotatable bonds is 3. The number of hydrogen-bond donors (Lipinski definition) is 2. The van der Waals surface area contributed by atoms with Gasteiger partial charge >= 0.3 is 0 Å². The highest BCUT2D eigenvalue weighted by atomic mass is 19.2. The van der Waals surface area contributed by atoms with Gasteiger partial charge in [-0.15, -0.1) is 0 Å². The maximum atomic E-state index is 13.9. The van der Waals surface area contributed by atoms with Crippen LogP contribution < -0.4 is 5.56 Å². The number of fused-ring (bicyclic) bond motifs is 2. The van der Waals surface area contributed by atoms with Gasteiger partial charge in [-0.05, 0) is 31.2 Å². The molecule has 30 heavy (non-hydrogen) atoms. The lowest BCUT2D eigenvalue weighted by molar-refractivity contribution is 0.0735. The summed E-state index contributed by atoms with van der Waals surface area (Å²) in [7, 11) is 1.42. The first kappa shape index (κ1) is 19.6. The van der Waals surface area contributed by atoms with Gasteiger partial charge in [0.15, 0.2) is 11.6 Å². The zero-order valence-corrected chi connectivity index (χ0v) is 15.7. The maximum Gasteiger partial charge on any atom is 0.272 e. The van der Waals surface area contributed by atoms with Crippen molar-refractivity contribution in [2.24, 2.45) is 0 Å². The van der Waals surface area contributed by atoms with E-state index in [9.17, 15) is 27.2 Å². The van der Waals surface area contributed by atoms with E-state index >= 15 is 0 Å². The minimum Gasteiger partial charge on any atom is -0.350 e. The van der Waals surface area contributed by atoms with Gasteiger partial charge < -0.3 is 9.88 Å². The molecule has 0 aliphatic rings. The number of carbonyl (C=O) groups excluding carboxylic acids is 1. The molecule has 0 spiro atoms. The van der Waals surface area contributed by atoms with Crippen molar-refractivity contribution in [3.63, 3.8) is 0 Å². The van der Waals surface area contributed by atoms with Crippen LogP contribution in [0.1, 0.15) is 29.1 Å².